The van der Waals surface area contributed by atoms with Gasteiger partial charge in [0, 0.05) is 17.4 Å². The molecule has 0 saturated carbocycles. The number of unbranched alkanes of at least 4 members (excludes halogenated alkanes) is 1. The number of rotatable bonds is 7. The van der Waals surface area contributed by atoms with Crippen molar-refractivity contribution in [2.45, 2.75) is 44.3 Å². The quantitative estimate of drug-likeness (QED) is 0.565. The molecule has 1 saturated heterocycles. The standard InChI is InChI=1S/C11H19NO2S2/c1-9(13)8-12-11(14)5-3-2-4-10-6-7-15-16-10/h10H,2-8H2,1H3,(H,12,14). The van der Waals surface area contributed by atoms with Gasteiger partial charge in [0.15, 0.2) is 0 Å². The number of nitrogens with one attached hydrogen (secondary N) is 1. The number of amides is 1. The number of carbonyl (C=O) groups excluding carboxylic acids is 2. The molecular formula is C11H19NO2S2. The van der Waals surface area contributed by atoms with Gasteiger partial charge < -0.3 is 5.32 Å². The van der Waals surface area contributed by atoms with Gasteiger partial charge in [0.1, 0.15) is 5.78 Å². The van der Waals surface area contributed by atoms with Crippen LogP contribution in [0.4, 0.5) is 0 Å². The molecule has 0 aliphatic carbocycles. The smallest absolute Gasteiger partial charge is 0.220 e. The SMILES string of the molecule is CC(=O)CNC(=O)CCCCC1CCSS1. The van der Waals surface area contributed by atoms with Crippen LogP contribution in [0.1, 0.15) is 39.0 Å². The van der Waals surface area contributed by atoms with E-state index in [-0.39, 0.29) is 18.2 Å². The predicted molar refractivity (Wildman–Crippen MR) is 70.6 cm³/mol. The third-order valence-electron chi connectivity index (χ3n) is 2.44. The fourth-order valence-electron chi connectivity index (χ4n) is 1.53. The number of hydrogen-bond acceptors (Lipinski definition) is 4. The molecule has 0 aromatic carbocycles. The van der Waals surface area contributed by atoms with E-state index in [2.05, 4.69) is 5.32 Å². The van der Waals surface area contributed by atoms with Crippen molar-refractivity contribution in [1.29, 1.82) is 0 Å². The summed E-state index contributed by atoms with van der Waals surface area (Å²) in [4.78, 5) is 21.9. The van der Waals surface area contributed by atoms with Crippen molar-refractivity contribution in [2.24, 2.45) is 0 Å². The molecule has 16 heavy (non-hydrogen) atoms. The van der Waals surface area contributed by atoms with E-state index in [9.17, 15) is 9.59 Å². The van der Waals surface area contributed by atoms with Crippen LogP contribution in [0.3, 0.4) is 0 Å². The highest BCUT2D eigenvalue weighted by Crippen LogP contribution is 2.39. The van der Waals surface area contributed by atoms with Crippen LogP contribution in [-0.2, 0) is 9.59 Å². The number of hydrogen-bond donors (Lipinski definition) is 1. The first-order chi connectivity index (χ1) is 7.68. The summed E-state index contributed by atoms with van der Waals surface area (Å²) in [5.74, 6) is 1.28. The van der Waals surface area contributed by atoms with Gasteiger partial charge in [-0.15, -0.1) is 0 Å². The minimum Gasteiger partial charge on any atom is -0.349 e. The van der Waals surface area contributed by atoms with Gasteiger partial charge in [-0.2, -0.15) is 0 Å². The summed E-state index contributed by atoms with van der Waals surface area (Å²) < 4.78 is 0. The average Bonchev–Trinajstić information content (AvgIpc) is 2.74. The summed E-state index contributed by atoms with van der Waals surface area (Å²) in [6.07, 6.45) is 5.14. The molecule has 1 amide bonds. The molecule has 1 aliphatic heterocycles. The fraction of sp³-hybridized carbons (Fsp3) is 0.818. The van der Waals surface area contributed by atoms with Gasteiger partial charge in [0.05, 0.1) is 6.54 Å². The predicted octanol–water partition coefficient (Wildman–Crippen LogP) is 2.41. The van der Waals surface area contributed by atoms with Gasteiger partial charge >= 0.3 is 0 Å². The van der Waals surface area contributed by atoms with Gasteiger partial charge in [-0.3, -0.25) is 9.59 Å². The molecule has 0 radical (unpaired) electrons. The number of ketones is 1. The summed E-state index contributed by atoms with van der Waals surface area (Å²) in [6.45, 7) is 1.66. The Balaban J connectivity index is 1.93. The van der Waals surface area contributed by atoms with E-state index in [0.29, 0.717) is 6.42 Å². The number of carbonyl (C=O) groups is 2. The number of Topliss-reactive ketones (excluding diaryl/α,β-unsaturated/α-hetero) is 1. The van der Waals surface area contributed by atoms with Gasteiger partial charge in [-0.1, -0.05) is 28.0 Å². The monoisotopic (exact) mass is 261 g/mol. The van der Waals surface area contributed by atoms with Crippen molar-refractivity contribution in [2.75, 3.05) is 12.3 Å². The van der Waals surface area contributed by atoms with Crippen molar-refractivity contribution in [1.82, 2.24) is 5.32 Å². The van der Waals surface area contributed by atoms with Crippen LogP contribution in [0, 0.1) is 0 Å². The van der Waals surface area contributed by atoms with Crippen LogP contribution in [0.5, 0.6) is 0 Å². The molecule has 3 nitrogen and oxygen atoms in total. The lowest BCUT2D eigenvalue weighted by molar-refractivity contribution is -0.124. The van der Waals surface area contributed by atoms with Crippen LogP contribution in [-0.4, -0.2) is 29.2 Å². The first-order valence-electron chi connectivity index (χ1n) is 5.73. The van der Waals surface area contributed by atoms with Crippen molar-refractivity contribution in [3.05, 3.63) is 0 Å². The van der Waals surface area contributed by atoms with Gasteiger partial charge in [-0.05, 0) is 26.2 Å². The van der Waals surface area contributed by atoms with Crippen LogP contribution >= 0.6 is 21.6 Å². The molecule has 1 heterocycles. The lowest BCUT2D eigenvalue weighted by atomic mass is 10.1. The minimum absolute atomic E-state index is 0.00338. The Bertz CT molecular complexity index is 240. The molecule has 0 aromatic rings. The summed E-state index contributed by atoms with van der Waals surface area (Å²) in [7, 11) is 3.94. The highest BCUT2D eigenvalue weighted by atomic mass is 33.1. The molecule has 1 N–H and O–H groups in total. The lowest BCUT2D eigenvalue weighted by Crippen LogP contribution is -2.27. The van der Waals surface area contributed by atoms with Gasteiger partial charge in [0.25, 0.3) is 0 Å². The maximum atomic E-state index is 11.3. The minimum atomic E-state index is 0.00338. The van der Waals surface area contributed by atoms with Gasteiger partial charge in [-0.25, -0.2) is 0 Å². The van der Waals surface area contributed by atoms with Crippen molar-refractivity contribution < 1.29 is 9.59 Å². The van der Waals surface area contributed by atoms with E-state index in [1.165, 1.54) is 25.5 Å². The summed E-state index contributed by atoms with van der Waals surface area (Å²) in [5.41, 5.74) is 0. The molecule has 1 fully saturated rings. The maximum absolute atomic E-state index is 11.3. The maximum Gasteiger partial charge on any atom is 0.220 e. The van der Waals surface area contributed by atoms with E-state index in [0.717, 1.165) is 18.1 Å². The van der Waals surface area contributed by atoms with E-state index in [4.69, 9.17) is 0 Å². The molecule has 1 atom stereocenters. The largest absolute Gasteiger partial charge is 0.349 e. The fourth-order valence-corrected chi connectivity index (χ4v) is 4.56. The Hall–Kier alpha value is -0.160. The molecular weight excluding hydrogens is 242 g/mol. The van der Waals surface area contributed by atoms with E-state index in [1.807, 2.05) is 21.6 Å². The molecule has 0 spiro atoms. The lowest BCUT2D eigenvalue weighted by Gasteiger charge is -2.06. The Morgan fingerprint density at radius 3 is 2.81 bits per heavy atom. The second-order valence-electron chi connectivity index (χ2n) is 4.05. The highest BCUT2D eigenvalue weighted by Gasteiger charge is 2.15. The Labute approximate surface area is 105 Å². The first-order valence-corrected chi connectivity index (χ1v) is 8.11. The van der Waals surface area contributed by atoms with Crippen molar-refractivity contribution in [3.8, 4) is 0 Å². The average molecular weight is 261 g/mol. The second-order valence-corrected chi connectivity index (χ2v) is 6.84. The Morgan fingerprint density at radius 1 is 1.38 bits per heavy atom. The highest BCUT2D eigenvalue weighted by molar-refractivity contribution is 8.77. The molecule has 1 unspecified atom stereocenters. The van der Waals surface area contributed by atoms with E-state index in [1.54, 1.807) is 0 Å². The zero-order valence-corrected chi connectivity index (χ0v) is 11.3. The van der Waals surface area contributed by atoms with Crippen LogP contribution < -0.4 is 5.32 Å². The molecule has 5 heteroatoms. The molecule has 1 rings (SSSR count). The van der Waals surface area contributed by atoms with Crippen LogP contribution in [0.25, 0.3) is 0 Å². The van der Waals surface area contributed by atoms with E-state index < -0.39 is 0 Å². The third-order valence-corrected chi connectivity index (χ3v) is 5.45. The summed E-state index contributed by atoms with van der Waals surface area (Å²) in [6, 6.07) is 0. The summed E-state index contributed by atoms with van der Waals surface area (Å²) in [5, 5.41) is 3.41. The van der Waals surface area contributed by atoms with Gasteiger partial charge in [0.2, 0.25) is 5.91 Å². The molecule has 0 aromatic heterocycles. The van der Waals surface area contributed by atoms with Crippen LogP contribution in [0.2, 0.25) is 0 Å². The Morgan fingerprint density at radius 2 is 2.19 bits per heavy atom. The van der Waals surface area contributed by atoms with Crippen LogP contribution in [0.15, 0.2) is 0 Å². The zero-order valence-electron chi connectivity index (χ0n) is 9.66. The van der Waals surface area contributed by atoms with Crippen molar-refractivity contribution >= 4 is 33.3 Å². The normalized spacial score (nSPS) is 19.7. The molecule has 1 aliphatic rings. The topological polar surface area (TPSA) is 46.2 Å². The molecule has 0 bridgehead atoms. The van der Waals surface area contributed by atoms with Crippen molar-refractivity contribution in [3.63, 3.8) is 0 Å². The third kappa shape index (κ3) is 6.43. The summed E-state index contributed by atoms with van der Waals surface area (Å²) >= 11 is 0. The molecule has 92 valence electrons. The Kier molecular flexibility index (Phi) is 6.96. The first kappa shape index (κ1) is 13.9. The van der Waals surface area contributed by atoms with E-state index >= 15 is 0 Å². The second kappa shape index (κ2) is 8.01. The zero-order chi connectivity index (χ0) is 11.8.